The first-order chi connectivity index (χ1) is 7.31. The van der Waals surface area contributed by atoms with E-state index in [1.807, 2.05) is 0 Å². The van der Waals surface area contributed by atoms with Crippen LogP contribution in [0.15, 0.2) is 0 Å². The van der Waals surface area contributed by atoms with Crippen LogP contribution < -0.4 is 5.73 Å². The summed E-state index contributed by atoms with van der Waals surface area (Å²) >= 11 is 0. The maximum atomic E-state index is 5.84. The molecule has 2 N–H and O–H groups in total. The van der Waals surface area contributed by atoms with Crippen LogP contribution in [0.4, 0.5) is 0 Å². The van der Waals surface area contributed by atoms with E-state index >= 15 is 0 Å². The molecule has 0 bridgehead atoms. The molecule has 0 aromatic rings. The third-order valence-electron chi connectivity index (χ3n) is 3.96. The van der Waals surface area contributed by atoms with Crippen LogP contribution in [0.1, 0.15) is 46.0 Å². The lowest BCUT2D eigenvalue weighted by atomic mass is 9.97. The van der Waals surface area contributed by atoms with Crippen LogP contribution in [0.5, 0.6) is 0 Å². The molecule has 0 heterocycles. The van der Waals surface area contributed by atoms with E-state index in [-0.39, 0.29) is 0 Å². The van der Waals surface area contributed by atoms with Crippen LogP contribution in [0.3, 0.4) is 0 Å². The second-order valence-electron chi connectivity index (χ2n) is 4.91. The van der Waals surface area contributed by atoms with Gasteiger partial charge in [-0.2, -0.15) is 0 Å². The second kappa shape index (κ2) is 7.24. The van der Waals surface area contributed by atoms with Crippen molar-refractivity contribution in [1.82, 2.24) is 0 Å². The van der Waals surface area contributed by atoms with Crippen molar-refractivity contribution in [2.75, 3.05) is 19.8 Å². The normalized spacial score (nSPS) is 26.4. The third kappa shape index (κ3) is 4.12. The van der Waals surface area contributed by atoms with E-state index in [9.17, 15) is 0 Å². The highest BCUT2D eigenvalue weighted by atomic mass is 16.5. The molecule has 90 valence electrons. The van der Waals surface area contributed by atoms with Gasteiger partial charge in [-0.15, -0.1) is 0 Å². The van der Waals surface area contributed by atoms with Crippen molar-refractivity contribution in [3.05, 3.63) is 0 Å². The first-order valence-electron chi connectivity index (χ1n) is 6.59. The number of hydrogen-bond donors (Lipinski definition) is 1. The van der Waals surface area contributed by atoms with E-state index in [0.717, 1.165) is 37.5 Å². The Morgan fingerprint density at radius 3 is 2.47 bits per heavy atom. The Balaban J connectivity index is 2.13. The molecule has 2 nitrogen and oxygen atoms in total. The van der Waals surface area contributed by atoms with Gasteiger partial charge >= 0.3 is 0 Å². The summed E-state index contributed by atoms with van der Waals surface area (Å²) in [5.74, 6) is 2.22. The molecule has 2 unspecified atom stereocenters. The summed E-state index contributed by atoms with van der Waals surface area (Å²) in [5, 5.41) is 0. The SMILES string of the molecule is CCC(CC)COCC1CCCC1CN. The first-order valence-corrected chi connectivity index (χ1v) is 6.59. The summed E-state index contributed by atoms with van der Waals surface area (Å²) in [7, 11) is 0. The van der Waals surface area contributed by atoms with E-state index in [4.69, 9.17) is 10.5 Å². The van der Waals surface area contributed by atoms with E-state index in [2.05, 4.69) is 13.8 Å². The van der Waals surface area contributed by atoms with Crippen LogP contribution in [0.25, 0.3) is 0 Å². The van der Waals surface area contributed by atoms with Crippen LogP contribution in [-0.2, 0) is 4.74 Å². The van der Waals surface area contributed by atoms with E-state index < -0.39 is 0 Å². The molecule has 0 spiro atoms. The molecule has 1 saturated carbocycles. The molecule has 1 fully saturated rings. The minimum Gasteiger partial charge on any atom is -0.381 e. The number of ether oxygens (including phenoxy) is 1. The number of nitrogens with two attached hydrogens (primary N) is 1. The number of hydrogen-bond acceptors (Lipinski definition) is 2. The van der Waals surface area contributed by atoms with Crippen molar-refractivity contribution < 1.29 is 4.74 Å². The van der Waals surface area contributed by atoms with Gasteiger partial charge in [0.05, 0.1) is 0 Å². The van der Waals surface area contributed by atoms with Gasteiger partial charge < -0.3 is 10.5 Å². The molecule has 0 aromatic carbocycles. The highest BCUT2D eigenvalue weighted by molar-refractivity contribution is 4.77. The largest absolute Gasteiger partial charge is 0.381 e. The molecule has 0 radical (unpaired) electrons. The Morgan fingerprint density at radius 1 is 1.20 bits per heavy atom. The summed E-state index contributed by atoms with van der Waals surface area (Å²) in [6.45, 7) is 7.23. The molecule has 1 aliphatic rings. The minimum atomic E-state index is 0.728. The molecule has 2 heteroatoms. The quantitative estimate of drug-likeness (QED) is 0.706. The standard InChI is InChI=1S/C13H27NO/c1-3-11(4-2)9-15-10-13-7-5-6-12(13)8-14/h11-13H,3-10,14H2,1-2H3. The average molecular weight is 213 g/mol. The van der Waals surface area contributed by atoms with Crippen LogP contribution in [0.2, 0.25) is 0 Å². The molecule has 0 aromatic heterocycles. The number of rotatable bonds is 7. The van der Waals surface area contributed by atoms with E-state index in [1.54, 1.807) is 0 Å². The van der Waals surface area contributed by atoms with Crippen molar-refractivity contribution in [1.29, 1.82) is 0 Å². The van der Waals surface area contributed by atoms with Gasteiger partial charge in [0.1, 0.15) is 0 Å². The Kier molecular flexibility index (Phi) is 6.26. The van der Waals surface area contributed by atoms with Crippen molar-refractivity contribution in [2.45, 2.75) is 46.0 Å². The fourth-order valence-corrected chi connectivity index (χ4v) is 2.55. The molecule has 1 rings (SSSR count). The van der Waals surface area contributed by atoms with Gasteiger partial charge in [0, 0.05) is 13.2 Å². The fourth-order valence-electron chi connectivity index (χ4n) is 2.55. The lowest BCUT2D eigenvalue weighted by Crippen LogP contribution is -2.23. The maximum absolute atomic E-state index is 5.84. The van der Waals surface area contributed by atoms with Crippen molar-refractivity contribution in [3.8, 4) is 0 Å². The molecular formula is C13H27NO. The van der Waals surface area contributed by atoms with Gasteiger partial charge in [-0.1, -0.05) is 33.1 Å². The Bertz CT molecular complexity index is 157. The Labute approximate surface area is 94.6 Å². The van der Waals surface area contributed by atoms with Gasteiger partial charge in [-0.05, 0) is 37.1 Å². The molecule has 1 aliphatic carbocycles. The van der Waals surface area contributed by atoms with Crippen LogP contribution in [0, 0.1) is 17.8 Å². The minimum absolute atomic E-state index is 0.728. The first kappa shape index (κ1) is 13.0. The van der Waals surface area contributed by atoms with Crippen molar-refractivity contribution in [3.63, 3.8) is 0 Å². The molecule has 0 amide bonds. The smallest absolute Gasteiger partial charge is 0.0497 e. The van der Waals surface area contributed by atoms with Gasteiger partial charge in [-0.25, -0.2) is 0 Å². The predicted molar refractivity (Wildman–Crippen MR) is 64.8 cm³/mol. The highest BCUT2D eigenvalue weighted by Gasteiger charge is 2.26. The summed E-state index contributed by atoms with van der Waals surface area (Å²) in [6, 6.07) is 0. The topological polar surface area (TPSA) is 35.2 Å². The maximum Gasteiger partial charge on any atom is 0.0497 e. The highest BCUT2D eigenvalue weighted by Crippen LogP contribution is 2.31. The zero-order chi connectivity index (χ0) is 11.1. The molecule has 15 heavy (non-hydrogen) atoms. The molecule has 0 aliphatic heterocycles. The zero-order valence-electron chi connectivity index (χ0n) is 10.4. The summed E-state index contributed by atoms with van der Waals surface area (Å²) in [6.07, 6.45) is 6.46. The zero-order valence-corrected chi connectivity index (χ0v) is 10.4. The third-order valence-corrected chi connectivity index (χ3v) is 3.96. The monoisotopic (exact) mass is 213 g/mol. The Morgan fingerprint density at radius 2 is 1.87 bits per heavy atom. The fraction of sp³-hybridized carbons (Fsp3) is 1.00. The van der Waals surface area contributed by atoms with E-state index in [0.29, 0.717) is 0 Å². The summed E-state index contributed by atoms with van der Waals surface area (Å²) < 4.78 is 5.84. The lowest BCUT2D eigenvalue weighted by Gasteiger charge is -2.19. The van der Waals surface area contributed by atoms with Gasteiger partial charge in [0.25, 0.3) is 0 Å². The molecule has 2 atom stereocenters. The van der Waals surface area contributed by atoms with Crippen molar-refractivity contribution >= 4 is 0 Å². The van der Waals surface area contributed by atoms with Crippen LogP contribution >= 0.6 is 0 Å². The van der Waals surface area contributed by atoms with Gasteiger partial charge in [0.15, 0.2) is 0 Å². The second-order valence-corrected chi connectivity index (χ2v) is 4.91. The van der Waals surface area contributed by atoms with Crippen molar-refractivity contribution in [2.24, 2.45) is 23.5 Å². The summed E-state index contributed by atoms with van der Waals surface area (Å²) in [4.78, 5) is 0. The lowest BCUT2D eigenvalue weighted by molar-refractivity contribution is 0.0594. The molecule has 0 saturated heterocycles. The van der Waals surface area contributed by atoms with Crippen LogP contribution in [-0.4, -0.2) is 19.8 Å². The Hall–Kier alpha value is -0.0800. The predicted octanol–water partition coefficient (Wildman–Crippen LogP) is 2.81. The van der Waals surface area contributed by atoms with Gasteiger partial charge in [0.2, 0.25) is 0 Å². The average Bonchev–Trinajstić information content (AvgIpc) is 2.72. The van der Waals surface area contributed by atoms with Gasteiger partial charge in [-0.3, -0.25) is 0 Å². The summed E-state index contributed by atoms with van der Waals surface area (Å²) in [5.41, 5.74) is 5.75. The van der Waals surface area contributed by atoms with E-state index in [1.165, 1.54) is 32.1 Å². The molecular weight excluding hydrogens is 186 g/mol.